The van der Waals surface area contributed by atoms with Crippen LogP contribution in [0.4, 0.5) is 0 Å². The Hall–Kier alpha value is -1.29. The Labute approximate surface area is 101 Å². The summed E-state index contributed by atoms with van der Waals surface area (Å²) in [5, 5.41) is 6.46. The molecule has 1 amide bonds. The molecule has 0 radical (unpaired) electrons. The molecule has 2 fully saturated rings. The van der Waals surface area contributed by atoms with Gasteiger partial charge in [0.15, 0.2) is 0 Å². The zero-order valence-electron chi connectivity index (χ0n) is 9.98. The Morgan fingerprint density at radius 1 is 1.29 bits per heavy atom. The number of hydrogen-bond donors (Lipinski definition) is 2. The average Bonchev–Trinajstić information content (AvgIpc) is 3.19. The highest BCUT2D eigenvalue weighted by atomic mass is 16.2. The maximum Gasteiger partial charge on any atom is 0.240 e. The highest BCUT2D eigenvalue weighted by molar-refractivity contribution is 5.76. The summed E-state index contributed by atoms with van der Waals surface area (Å²) in [6.45, 7) is 1.36. The van der Waals surface area contributed by atoms with Gasteiger partial charge in [-0.1, -0.05) is 0 Å². The molecule has 2 aliphatic rings. The van der Waals surface area contributed by atoms with Crippen molar-refractivity contribution in [2.75, 3.05) is 0 Å². The lowest BCUT2D eigenvalue weighted by atomic mass is 10.3. The SMILES string of the molecule is O=C(Cn1ccc(CNC2CC2)c1)NC1CC1. The second-order valence-corrected chi connectivity index (χ2v) is 5.19. The number of amides is 1. The molecule has 0 atom stereocenters. The van der Waals surface area contributed by atoms with Crippen LogP contribution < -0.4 is 10.6 Å². The Bertz CT molecular complexity index is 405. The Morgan fingerprint density at radius 3 is 2.76 bits per heavy atom. The number of aromatic nitrogens is 1. The molecule has 3 rings (SSSR count). The van der Waals surface area contributed by atoms with Gasteiger partial charge in [-0.2, -0.15) is 0 Å². The molecule has 0 saturated heterocycles. The van der Waals surface area contributed by atoms with E-state index < -0.39 is 0 Å². The summed E-state index contributed by atoms with van der Waals surface area (Å²) in [6.07, 6.45) is 8.95. The van der Waals surface area contributed by atoms with Crippen molar-refractivity contribution >= 4 is 5.91 Å². The van der Waals surface area contributed by atoms with E-state index in [4.69, 9.17) is 0 Å². The summed E-state index contributed by atoms with van der Waals surface area (Å²) in [5.74, 6) is 0.129. The fraction of sp³-hybridized carbons (Fsp3) is 0.615. The maximum atomic E-state index is 11.6. The van der Waals surface area contributed by atoms with Gasteiger partial charge in [0.1, 0.15) is 6.54 Å². The van der Waals surface area contributed by atoms with Gasteiger partial charge in [-0.3, -0.25) is 4.79 Å². The number of carbonyl (C=O) groups is 1. The third kappa shape index (κ3) is 3.33. The molecule has 1 aromatic heterocycles. The lowest BCUT2D eigenvalue weighted by molar-refractivity contribution is -0.121. The first-order valence-electron chi connectivity index (χ1n) is 6.47. The fourth-order valence-corrected chi connectivity index (χ4v) is 1.91. The van der Waals surface area contributed by atoms with E-state index in [2.05, 4.69) is 22.9 Å². The molecule has 0 spiro atoms. The quantitative estimate of drug-likeness (QED) is 0.770. The first kappa shape index (κ1) is 10.8. The molecule has 1 heterocycles. The summed E-state index contributed by atoms with van der Waals surface area (Å²) in [4.78, 5) is 11.6. The Kier molecular flexibility index (Phi) is 2.89. The van der Waals surface area contributed by atoms with Crippen molar-refractivity contribution in [1.82, 2.24) is 15.2 Å². The molecular weight excluding hydrogens is 214 g/mol. The molecule has 4 heteroatoms. The van der Waals surface area contributed by atoms with E-state index in [9.17, 15) is 4.79 Å². The first-order chi connectivity index (χ1) is 8.29. The molecule has 0 aromatic carbocycles. The molecule has 0 bridgehead atoms. The van der Waals surface area contributed by atoms with E-state index >= 15 is 0 Å². The molecule has 4 nitrogen and oxygen atoms in total. The van der Waals surface area contributed by atoms with Gasteiger partial charge in [0.05, 0.1) is 0 Å². The van der Waals surface area contributed by atoms with Gasteiger partial charge in [-0.25, -0.2) is 0 Å². The van der Waals surface area contributed by atoms with E-state index in [0.717, 1.165) is 25.4 Å². The van der Waals surface area contributed by atoms with Gasteiger partial charge < -0.3 is 15.2 Å². The second kappa shape index (κ2) is 4.53. The molecule has 17 heavy (non-hydrogen) atoms. The standard InChI is InChI=1S/C13H19N3O/c17-13(15-12-3-4-12)9-16-6-5-10(8-16)7-14-11-1-2-11/h5-6,8,11-12,14H,1-4,7,9H2,(H,15,17). The van der Waals surface area contributed by atoms with E-state index in [1.807, 2.05) is 10.8 Å². The minimum Gasteiger partial charge on any atom is -0.352 e. The van der Waals surface area contributed by atoms with Crippen LogP contribution in [-0.2, 0) is 17.9 Å². The lowest BCUT2D eigenvalue weighted by Crippen LogP contribution is -2.28. The van der Waals surface area contributed by atoms with Crippen molar-refractivity contribution in [3.05, 3.63) is 24.0 Å². The van der Waals surface area contributed by atoms with Crippen LogP contribution in [0.25, 0.3) is 0 Å². The van der Waals surface area contributed by atoms with Gasteiger partial charge >= 0.3 is 0 Å². The lowest BCUT2D eigenvalue weighted by Gasteiger charge is -2.04. The second-order valence-electron chi connectivity index (χ2n) is 5.19. The summed E-state index contributed by atoms with van der Waals surface area (Å²) in [7, 11) is 0. The number of rotatable bonds is 6. The van der Waals surface area contributed by atoms with Crippen molar-refractivity contribution in [2.24, 2.45) is 0 Å². The van der Waals surface area contributed by atoms with Crippen LogP contribution in [0.5, 0.6) is 0 Å². The third-order valence-electron chi connectivity index (χ3n) is 3.25. The van der Waals surface area contributed by atoms with Gasteiger partial charge in [-0.05, 0) is 37.3 Å². The van der Waals surface area contributed by atoms with E-state index in [-0.39, 0.29) is 5.91 Å². The smallest absolute Gasteiger partial charge is 0.240 e. The van der Waals surface area contributed by atoms with E-state index in [1.54, 1.807) is 0 Å². The van der Waals surface area contributed by atoms with Crippen molar-refractivity contribution in [2.45, 2.75) is 50.9 Å². The highest BCUT2D eigenvalue weighted by Crippen LogP contribution is 2.19. The average molecular weight is 233 g/mol. The van der Waals surface area contributed by atoms with Crippen LogP contribution in [-0.4, -0.2) is 22.6 Å². The molecule has 92 valence electrons. The molecule has 1 aromatic rings. The molecular formula is C13H19N3O. The number of nitrogens with one attached hydrogen (secondary N) is 2. The third-order valence-corrected chi connectivity index (χ3v) is 3.25. The normalized spacial score (nSPS) is 19.3. The number of hydrogen-bond acceptors (Lipinski definition) is 2. The molecule has 2 N–H and O–H groups in total. The maximum absolute atomic E-state index is 11.6. The highest BCUT2D eigenvalue weighted by Gasteiger charge is 2.23. The minimum absolute atomic E-state index is 0.129. The Balaban J connectivity index is 1.46. The van der Waals surface area contributed by atoms with Crippen molar-refractivity contribution < 1.29 is 4.79 Å². The van der Waals surface area contributed by atoms with Crippen LogP contribution in [0, 0.1) is 0 Å². The molecule has 0 unspecified atom stereocenters. The van der Waals surface area contributed by atoms with Crippen LogP contribution in [0.1, 0.15) is 31.2 Å². The predicted molar refractivity (Wildman–Crippen MR) is 65.5 cm³/mol. The Morgan fingerprint density at radius 2 is 2.06 bits per heavy atom. The topological polar surface area (TPSA) is 46.1 Å². The van der Waals surface area contributed by atoms with Crippen molar-refractivity contribution in [3.8, 4) is 0 Å². The van der Waals surface area contributed by atoms with Crippen molar-refractivity contribution in [1.29, 1.82) is 0 Å². The predicted octanol–water partition coefficient (Wildman–Crippen LogP) is 1.02. The molecule has 2 saturated carbocycles. The van der Waals surface area contributed by atoms with E-state index in [0.29, 0.717) is 12.6 Å². The zero-order valence-corrected chi connectivity index (χ0v) is 9.98. The van der Waals surface area contributed by atoms with Gasteiger partial charge in [0, 0.05) is 31.0 Å². The number of nitrogens with zero attached hydrogens (tertiary/aromatic N) is 1. The van der Waals surface area contributed by atoms with Gasteiger partial charge in [-0.15, -0.1) is 0 Å². The fourth-order valence-electron chi connectivity index (χ4n) is 1.91. The van der Waals surface area contributed by atoms with Gasteiger partial charge in [0.2, 0.25) is 5.91 Å². The summed E-state index contributed by atoms with van der Waals surface area (Å²) >= 11 is 0. The van der Waals surface area contributed by atoms with E-state index in [1.165, 1.54) is 18.4 Å². The summed E-state index contributed by atoms with van der Waals surface area (Å²) in [5.41, 5.74) is 1.26. The summed E-state index contributed by atoms with van der Waals surface area (Å²) in [6, 6.07) is 3.27. The van der Waals surface area contributed by atoms with Crippen LogP contribution in [0.3, 0.4) is 0 Å². The van der Waals surface area contributed by atoms with Crippen molar-refractivity contribution in [3.63, 3.8) is 0 Å². The first-order valence-corrected chi connectivity index (χ1v) is 6.47. The van der Waals surface area contributed by atoms with Gasteiger partial charge in [0.25, 0.3) is 0 Å². The molecule has 2 aliphatic carbocycles. The van der Waals surface area contributed by atoms with Crippen LogP contribution in [0.2, 0.25) is 0 Å². The largest absolute Gasteiger partial charge is 0.352 e. The van der Waals surface area contributed by atoms with Crippen LogP contribution >= 0.6 is 0 Å². The minimum atomic E-state index is 0.129. The van der Waals surface area contributed by atoms with Crippen LogP contribution in [0.15, 0.2) is 18.5 Å². The zero-order chi connectivity index (χ0) is 11.7. The molecule has 0 aliphatic heterocycles. The number of carbonyl (C=O) groups excluding carboxylic acids is 1. The monoisotopic (exact) mass is 233 g/mol. The summed E-state index contributed by atoms with van der Waals surface area (Å²) < 4.78 is 1.96.